The summed E-state index contributed by atoms with van der Waals surface area (Å²) >= 11 is 6.12. The fourth-order valence-corrected chi connectivity index (χ4v) is 2.59. The van der Waals surface area contributed by atoms with Crippen LogP contribution in [-0.2, 0) is 0 Å². The van der Waals surface area contributed by atoms with Crippen LogP contribution in [-0.4, -0.2) is 13.2 Å². The Kier molecular flexibility index (Phi) is 5.50. The lowest BCUT2D eigenvalue weighted by molar-refractivity contribution is 0.233. The first-order chi connectivity index (χ1) is 10.1. The van der Waals surface area contributed by atoms with Crippen LogP contribution >= 0.6 is 11.6 Å². The van der Waals surface area contributed by atoms with Gasteiger partial charge in [-0.05, 0) is 50.9 Å². The Balaban J connectivity index is 2.06. The van der Waals surface area contributed by atoms with Gasteiger partial charge in [0.25, 0.3) is 0 Å². The number of nitrogens with one attached hydrogen (secondary N) is 1. The van der Waals surface area contributed by atoms with Gasteiger partial charge < -0.3 is 10.1 Å². The van der Waals surface area contributed by atoms with Crippen molar-refractivity contribution in [1.82, 2.24) is 5.32 Å². The highest BCUT2D eigenvalue weighted by Crippen LogP contribution is 2.49. The predicted molar refractivity (Wildman–Crippen MR) is 85.6 cm³/mol. The normalized spacial score (nSPS) is 17.0. The van der Waals surface area contributed by atoms with Crippen LogP contribution in [0.2, 0.25) is 5.02 Å². The van der Waals surface area contributed by atoms with Gasteiger partial charge in [0.15, 0.2) is 0 Å². The first-order valence-corrected chi connectivity index (χ1v) is 8.00. The highest BCUT2D eigenvalue weighted by molar-refractivity contribution is 6.30. The Labute approximate surface area is 132 Å². The second-order valence-electron chi connectivity index (χ2n) is 5.98. The summed E-state index contributed by atoms with van der Waals surface area (Å²) in [6, 6.07) is 8.23. The molecule has 1 fully saturated rings. The molecule has 4 heteroatoms. The number of benzene rings is 1. The smallest absolute Gasteiger partial charge is 0.124 e. The van der Waals surface area contributed by atoms with Crippen LogP contribution in [0.4, 0.5) is 0 Å². The SMILES string of the molecule is CCCNC(C)c1cc(Cl)ccc1OCC1(CC#N)CC1. The summed E-state index contributed by atoms with van der Waals surface area (Å²) in [4.78, 5) is 0. The van der Waals surface area contributed by atoms with Crippen LogP contribution in [0.3, 0.4) is 0 Å². The molecule has 1 N–H and O–H groups in total. The van der Waals surface area contributed by atoms with Gasteiger partial charge in [0.1, 0.15) is 5.75 Å². The van der Waals surface area contributed by atoms with Crippen LogP contribution in [0, 0.1) is 16.7 Å². The Morgan fingerprint density at radius 1 is 1.48 bits per heavy atom. The minimum absolute atomic E-state index is 0.0890. The third-order valence-corrected chi connectivity index (χ3v) is 4.32. The van der Waals surface area contributed by atoms with Crippen molar-refractivity contribution in [2.24, 2.45) is 5.41 Å². The van der Waals surface area contributed by atoms with Crippen molar-refractivity contribution in [3.05, 3.63) is 28.8 Å². The maximum absolute atomic E-state index is 8.88. The van der Waals surface area contributed by atoms with Gasteiger partial charge in [0.2, 0.25) is 0 Å². The molecule has 21 heavy (non-hydrogen) atoms. The van der Waals surface area contributed by atoms with Crippen molar-refractivity contribution in [2.75, 3.05) is 13.2 Å². The average Bonchev–Trinajstić information content (AvgIpc) is 3.24. The van der Waals surface area contributed by atoms with Crippen molar-refractivity contribution < 1.29 is 4.74 Å². The van der Waals surface area contributed by atoms with Gasteiger partial charge in [0, 0.05) is 28.5 Å². The summed E-state index contributed by atoms with van der Waals surface area (Å²) in [5.41, 5.74) is 1.18. The lowest BCUT2D eigenvalue weighted by Gasteiger charge is -2.20. The van der Waals surface area contributed by atoms with Gasteiger partial charge in [-0.3, -0.25) is 0 Å². The summed E-state index contributed by atoms with van der Waals surface area (Å²) in [6.45, 7) is 5.85. The molecule has 1 saturated carbocycles. The Morgan fingerprint density at radius 2 is 2.24 bits per heavy atom. The largest absolute Gasteiger partial charge is 0.493 e. The van der Waals surface area contributed by atoms with E-state index in [1.165, 1.54) is 0 Å². The molecule has 1 unspecified atom stereocenters. The second kappa shape index (κ2) is 7.15. The van der Waals surface area contributed by atoms with E-state index in [4.69, 9.17) is 21.6 Å². The molecule has 1 aromatic rings. The summed E-state index contributed by atoms with van der Waals surface area (Å²) < 4.78 is 6.02. The van der Waals surface area contributed by atoms with Gasteiger partial charge in [0.05, 0.1) is 12.7 Å². The average molecular weight is 307 g/mol. The first-order valence-electron chi connectivity index (χ1n) is 7.63. The zero-order valence-electron chi connectivity index (χ0n) is 12.8. The number of nitrogens with zero attached hydrogens (tertiary/aromatic N) is 1. The maximum atomic E-state index is 8.88. The molecular formula is C17H23ClN2O. The van der Waals surface area contributed by atoms with Crippen LogP contribution in [0.25, 0.3) is 0 Å². The molecule has 0 saturated heterocycles. The predicted octanol–water partition coefficient (Wildman–Crippen LogP) is 4.47. The third kappa shape index (κ3) is 4.36. The summed E-state index contributed by atoms with van der Waals surface area (Å²) in [7, 11) is 0. The van der Waals surface area contributed by atoms with E-state index in [-0.39, 0.29) is 11.5 Å². The number of ether oxygens (including phenoxy) is 1. The lowest BCUT2D eigenvalue weighted by Crippen LogP contribution is -2.21. The standard InChI is InChI=1S/C17H23ClN2O/c1-3-10-20-13(2)15-11-14(18)4-5-16(15)21-12-17(6-7-17)8-9-19/h4-5,11,13,20H,3,6-8,10,12H2,1-2H3. The van der Waals surface area contributed by atoms with Crippen LogP contribution < -0.4 is 10.1 Å². The lowest BCUT2D eigenvalue weighted by atomic mass is 10.0. The molecule has 0 bridgehead atoms. The Bertz CT molecular complexity index is 520. The highest BCUT2D eigenvalue weighted by Gasteiger charge is 2.43. The van der Waals surface area contributed by atoms with Crippen molar-refractivity contribution in [3.8, 4) is 11.8 Å². The minimum atomic E-state index is 0.0890. The third-order valence-electron chi connectivity index (χ3n) is 4.08. The molecule has 1 aromatic carbocycles. The highest BCUT2D eigenvalue weighted by atomic mass is 35.5. The molecule has 2 rings (SSSR count). The molecule has 1 atom stereocenters. The summed E-state index contributed by atoms with van der Waals surface area (Å²) in [5, 5.41) is 13.1. The number of nitriles is 1. The van der Waals surface area contributed by atoms with E-state index in [2.05, 4.69) is 25.2 Å². The van der Waals surface area contributed by atoms with Gasteiger partial charge >= 0.3 is 0 Å². The molecule has 0 heterocycles. The van der Waals surface area contributed by atoms with Crippen molar-refractivity contribution in [2.45, 2.75) is 45.6 Å². The number of hydrogen-bond acceptors (Lipinski definition) is 3. The monoisotopic (exact) mass is 306 g/mol. The number of rotatable bonds is 8. The van der Waals surface area contributed by atoms with Gasteiger partial charge in [-0.2, -0.15) is 5.26 Å². The first kappa shape index (κ1) is 16.1. The molecule has 3 nitrogen and oxygen atoms in total. The topological polar surface area (TPSA) is 45.0 Å². The molecule has 0 aromatic heterocycles. The number of halogens is 1. The van der Waals surface area contributed by atoms with E-state index in [1.54, 1.807) is 0 Å². The fourth-order valence-electron chi connectivity index (χ4n) is 2.41. The van der Waals surface area contributed by atoms with Gasteiger partial charge in [-0.25, -0.2) is 0 Å². The van der Waals surface area contributed by atoms with E-state index < -0.39 is 0 Å². The molecular weight excluding hydrogens is 284 g/mol. The summed E-state index contributed by atoms with van der Waals surface area (Å²) in [6.07, 6.45) is 3.85. The molecule has 0 radical (unpaired) electrons. The fraction of sp³-hybridized carbons (Fsp3) is 0.588. The zero-order valence-corrected chi connectivity index (χ0v) is 13.5. The number of hydrogen-bond donors (Lipinski definition) is 1. The van der Waals surface area contributed by atoms with E-state index in [0.29, 0.717) is 13.0 Å². The van der Waals surface area contributed by atoms with Crippen LogP contribution in [0.15, 0.2) is 18.2 Å². The van der Waals surface area contributed by atoms with Crippen molar-refractivity contribution in [3.63, 3.8) is 0 Å². The Hall–Kier alpha value is -1.24. The Morgan fingerprint density at radius 3 is 2.86 bits per heavy atom. The molecule has 0 spiro atoms. The quantitative estimate of drug-likeness (QED) is 0.770. The van der Waals surface area contributed by atoms with Crippen LogP contribution in [0.1, 0.15) is 51.1 Å². The molecule has 1 aliphatic rings. The molecule has 0 aliphatic heterocycles. The maximum Gasteiger partial charge on any atom is 0.124 e. The molecule has 1 aliphatic carbocycles. The molecule has 0 amide bonds. The van der Waals surface area contributed by atoms with E-state index in [1.807, 2.05) is 18.2 Å². The van der Waals surface area contributed by atoms with Crippen molar-refractivity contribution in [1.29, 1.82) is 5.26 Å². The van der Waals surface area contributed by atoms with E-state index in [9.17, 15) is 0 Å². The van der Waals surface area contributed by atoms with Crippen molar-refractivity contribution >= 4 is 11.6 Å². The zero-order chi connectivity index (χ0) is 15.3. The van der Waals surface area contributed by atoms with E-state index >= 15 is 0 Å². The summed E-state index contributed by atoms with van der Waals surface area (Å²) in [5.74, 6) is 0.875. The second-order valence-corrected chi connectivity index (χ2v) is 6.42. The minimum Gasteiger partial charge on any atom is -0.493 e. The van der Waals surface area contributed by atoms with Gasteiger partial charge in [-0.15, -0.1) is 0 Å². The van der Waals surface area contributed by atoms with Crippen LogP contribution in [0.5, 0.6) is 5.75 Å². The molecule has 114 valence electrons. The van der Waals surface area contributed by atoms with E-state index in [0.717, 1.165) is 42.1 Å². The van der Waals surface area contributed by atoms with Gasteiger partial charge in [-0.1, -0.05) is 18.5 Å².